The van der Waals surface area contributed by atoms with E-state index in [0.717, 1.165) is 0 Å². The van der Waals surface area contributed by atoms with Crippen LogP contribution in [0.2, 0.25) is 0 Å². The van der Waals surface area contributed by atoms with Crippen molar-refractivity contribution in [1.29, 1.82) is 5.26 Å². The van der Waals surface area contributed by atoms with E-state index in [2.05, 4.69) is 4.98 Å². The third-order valence-electron chi connectivity index (χ3n) is 4.36. The molecule has 0 radical (unpaired) electrons. The first-order valence-corrected chi connectivity index (χ1v) is 8.25. The number of ketones is 1. The summed E-state index contributed by atoms with van der Waals surface area (Å²) in [6.07, 6.45) is 5.03. The number of Topliss-reactive ketones (excluding diaryl/α,β-unsaturated/α-hetero) is 1. The van der Waals surface area contributed by atoms with Crippen LogP contribution in [0.15, 0.2) is 18.5 Å². The number of rotatable bonds is 2. The SMILES string of the molecule is N#Cc1cncc(C(=O)C2CC3CCC(C2)S3(=O)=O)c1. The molecule has 1 aromatic rings. The Kier molecular flexibility index (Phi) is 3.09. The summed E-state index contributed by atoms with van der Waals surface area (Å²) < 4.78 is 24.0. The molecule has 0 spiro atoms. The Bertz CT molecular complexity index is 685. The lowest BCUT2D eigenvalue weighted by atomic mass is 9.91. The first kappa shape index (κ1) is 13.3. The monoisotopic (exact) mass is 290 g/mol. The number of carbonyl (C=O) groups excluding carboxylic acids is 1. The van der Waals surface area contributed by atoms with Crippen molar-refractivity contribution in [3.8, 4) is 6.07 Å². The maximum atomic E-state index is 12.5. The molecular formula is C14H14N2O3S. The molecule has 2 saturated heterocycles. The molecule has 2 bridgehead atoms. The predicted octanol–water partition coefficient (Wildman–Crippen LogP) is 1.49. The van der Waals surface area contributed by atoms with Gasteiger partial charge in [0.2, 0.25) is 0 Å². The normalized spacial score (nSPS) is 30.6. The van der Waals surface area contributed by atoms with Crippen molar-refractivity contribution < 1.29 is 13.2 Å². The van der Waals surface area contributed by atoms with Crippen molar-refractivity contribution in [3.63, 3.8) is 0 Å². The molecule has 0 saturated carbocycles. The van der Waals surface area contributed by atoms with Gasteiger partial charge in [0.05, 0.1) is 16.1 Å². The minimum atomic E-state index is -3.01. The van der Waals surface area contributed by atoms with E-state index in [1.807, 2.05) is 6.07 Å². The van der Waals surface area contributed by atoms with Gasteiger partial charge in [-0.05, 0) is 31.7 Å². The van der Waals surface area contributed by atoms with Crippen LogP contribution in [0, 0.1) is 17.2 Å². The van der Waals surface area contributed by atoms with Gasteiger partial charge >= 0.3 is 0 Å². The van der Waals surface area contributed by atoms with Gasteiger partial charge in [0.15, 0.2) is 15.6 Å². The first-order chi connectivity index (χ1) is 9.52. The number of nitrogens with zero attached hydrogens (tertiary/aromatic N) is 2. The summed E-state index contributed by atoms with van der Waals surface area (Å²) >= 11 is 0. The smallest absolute Gasteiger partial charge is 0.167 e. The second-order valence-corrected chi connectivity index (χ2v) is 8.03. The highest BCUT2D eigenvalue weighted by Crippen LogP contribution is 2.42. The lowest BCUT2D eigenvalue weighted by molar-refractivity contribution is 0.0905. The van der Waals surface area contributed by atoms with Gasteiger partial charge in [-0.3, -0.25) is 9.78 Å². The van der Waals surface area contributed by atoms with Gasteiger partial charge in [-0.2, -0.15) is 5.26 Å². The molecular weight excluding hydrogens is 276 g/mol. The number of sulfone groups is 1. The number of aromatic nitrogens is 1. The summed E-state index contributed by atoms with van der Waals surface area (Å²) in [5.41, 5.74) is 0.759. The Morgan fingerprint density at radius 2 is 1.90 bits per heavy atom. The average Bonchev–Trinajstić information content (AvgIpc) is 2.66. The van der Waals surface area contributed by atoms with Crippen molar-refractivity contribution in [2.45, 2.75) is 36.2 Å². The first-order valence-electron chi connectivity index (χ1n) is 6.64. The third-order valence-corrected chi connectivity index (χ3v) is 7.07. The Labute approximate surface area is 117 Å². The van der Waals surface area contributed by atoms with Crippen LogP contribution in [0.3, 0.4) is 0 Å². The minimum absolute atomic E-state index is 0.0820. The molecule has 3 heterocycles. The predicted molar refractivity (Wildman–Crippen MR) is 71.7 cm³/mol. The zero-order valence-electron chi connectivity index (χ0n) is 10.8. The van der Waals surface area contributed by atoms with Crippen LogP contribution in [0.4, 0.5) is 0 Å². The Morgan fingerprint density at radius 1 is 1.25 bits per heavy atom. The molecule has 5 nitrogen and oxygen atoms in total. The lowest BCUT2D eigenvalue weighted by Crippen LogP contribution is -2.36. The zero-order valence-corrected chi connectivity index (χ0v) is 11.6. The van der Waals surface area contributed by atoms with Crippen LogP contribution < -0.4 is 0 Å². The molecule has 6 heteroatoms. The molecule has 2 aliphatic heterocycles. The number of nitriles is 1. The van der Waals surface area contributed by atoms with E-state index in [1.165, 1.54) is 18.5 Å². The van der Waals surface area contributed by atoms with Crippen molar-refractivity contribution in [2.75, 3.05) is 0 Å². The Hall–Kier alpha value is -1.74. The summed E-state index contributed by atoms with van der Waals surface area (Å²) in [6.45, 7) is 0. The maximum absolute atomic E-state index is 12.5. The molecule has 20 heavy (non-hydrogen) atoms. The molecule has 2 unspecified atom stereocenters. The average molecular weight is 290 g/mol. The zero-order chi connectivity index (χ0) is 14.3. The number of fused-ring (bicyclic) bond motifs is 2. The van der Waals surface area contributed by atoms with Crippen LogP contribution in [0.5, 0.6) is 0 Å². The fourth-order valence-corrected chi connectivity index (χ4v) is 5.77. The highest BCUT2D eigenvalue weighted by atomic mass is 32.2. The summed E-state index contributed by atoms with van der Waals surface area (Å²) in [4.78, 5) is 16.3. The molecule has 0 aliphatic carbocycles. The molecule has 3 rings (SSSR count). The molecule has 2 fully saturated rings. The molecule has 2 aliphatic rings. The van der Waals surface area contributed by atoms with Gasteiger partial charge in [0, 0.05) is 23.9 Å². The summed E-state index contributed by atoms with van der Waals surface area (Å²) in [7, 11) is -3.01. The van der Waals surface area contributed by atoms with Crippen molar-refractivity contribution in [3.05, 3.63) is 29.6 Å². The second-order valence-electron chi connectivity index (χ2n) is 5.52. The quantitative estimate of drug-likeness (QED) is 0.770. The van der Waals surface area contributed by atoms with Crippen LogP contribution in [0.1, 0.15) is 41.6 Å². The largest absolute Gasteiger partial charge is 0.294 e. The summed E-state index contributed by atoms with van der Waals surface area (Å²) in [5, 5.41) is 8.12. The van der Waals surface area contributed by atoms with Gasteiger partial charge in [0.25, 0.3) is 0 Å². The van der Waals surface area contributed by atoms with E-state index >= 15 is 0 Å². The summed E-state index contributed by atoms with van der Waals surface area (Å²) in [5.74, 6) is -0.340. The molecule has 0 aromatic carbocycles. The molecule has 0 N–H and O–H groups in total. The summed E-state index contributed by atoms with van der Waals surface area (Å²) in [6, 6.07) is 3.49. The van der Waals surface area contributed by atoms with Crippen LogP contribution in [-0.2, 0) is 9.84 Å². The standard InChI is InChI=1S/C14H14N2O3S/c15-6-9-3-11(8-16-7-9)14(17)10-4-12-1-2-13(5-10)20(12,18)19/h3,7-8,10,12-13H,1-2,4-5H2. The van der Waals surface area contributed by atoms with E-state index in [1.54, 1.807) is 0 Å². The van der Waals surface area contributed by atoms with E-state index in [-0.39, 0.29) is 22.2 Å². The van der Waals surface area contributed by atoms with Crippen molar-refractivity contribution in [2.24, 2.45) is 5.92 Å². The van der Waals surface area contributed by atoms with Crippen LogP contribution in [-0.4, -0.2) is 29.7 Å². The van der Waals surface area contributed by atoms with Gasteiger partial charge < -0.3 is 0 Å². The highest BCUT2D eigenvalue weighted by molar-refractivity contribution is 7.93. The third kappa shape index (κ3) is 2.02. The molecule has 1 aromatic heterocycles. The number of carbonyl (C=O) groups is 1. The van der Waals surface area contributed by atoms with Gasteiger partial charge in [-0.15, -0.1) is 0 Å². The lowest BCUT2D eigenvalue weighted by Gasteiger charge is -2.26. The fraction of sp³-hybridized carbons (Fsp3) is 0.500. The Balaban J connectivity index is 1.85. The second kappa shape index (κ2) is 4.67. The minimum Gasteiger partial charge on any atom is -0.294 e. The van der Waals surface area contributed by atoms with Crippen LogP contribution >= 0.6 is 0 Å². The van der Waals surface area contributed by atoms with E-state index in [9.17, 15) is 13.2 Å². The Morgan fingerprint density at radius 3 is 2.50 bits per heavy atom. The van der Waals surface area contributed by atoms with Gasteiger partial charge in [-0.1, -0.05) is 0 Å². The fourth-order valence-electron chi connectivity index (χ4n) is 3.29. The molecule has 0 amide bonds. The van der Waals surface area contributed by atoms with Crippen molar-refractivity contribution >= 4 is 15.6 Å². The number of hydrogen-bond donors (Lipinski definition) is 0. The van der Waals surface area contributed by atoms with E-state index < -0.39 is 9.84 Å². The van der Waals surface area contributed by atoms with Gasteiger partial charge in [-0.25, -0.2) is 8.42 Å². The maximum Gasteiger partial charge on any atom is 0.167 e. The van der Waals surface area contributed by atoms with Crippen molar-refractivity contribution in [1.82, 2.24) is 4.98 Å². The number of pyridine rings is 1. The van der Waals surface area contributed by atoms with Crippen LogP contribution in [0.25, 0.3) is 0 Å². The highest BCUT2D eigenvalue weighted by Gasteiger charge is 2.48. The van der Waals surface area contributed by atoms with E-state index in [0.29, 0.717) is 36.8 Å². The van der Waals surface area contributed by atoms with E-state index in [4.69, 9.17) is 5.26 Å². The number of hydrogen-bond acceptors (Lipinski definition) is 5. The molecule has 2 atom stereocenters. The van der Waals surface area contributed by atoms with Gasteiger partial charge in [0.1, 0.15) is 6.07 Å². The molecule has 104 valence electrons. The topological polar surface area (TPSA) is 87.9 Å².